The van der Waals surface area contributed by atoms with Crippen molar-refractivity contribution in [3.63, 3.8) is 0 Å². The number of thiophene rings is 1. The molecule has 6 nitrogen and oxygen atoms in total. The molecule has 3 rings (SSSR count). The number of hydrogen-bond donors (Lipinski definition) is 1. The summed E-state index contributed by atoms with van der Waals surface area (Å²) in [6.07, 6.45) is 4.97. The van der Waals surface area contributed by atoms with Gasteiger partial charge >= 0.3 is 5.97 Å². The Kier molecular flexibility index (Phi) is 5.70. The average Bonchev–Trinajstić information content (AvgIpc) is 3.05. The molecule has 0 saturated carbocycles. The molecule has 2 aromatic heterocycles. The van der Waals surface area contributed by atoms with Crippen molar-refractivity contribution in [1.82, 2.24) is 9.97 Å². The van der Waals surface area contributed by atoms with Crippen LogP contribution in [0.4, 0.5) is 5.00 Å². The van der Waals surface area contributed by atoms with Crippen molar-refractivity contribution in [3.8, 4) is 0 Å². The third-order valence-corrected chi connectivity index (χ3v) is 4.57. The standard InChI is InChI=1S/C19H17N3O3S/c1-2-25-19(24)15-11-14(10-13-6-4-3-5-7-13)26-18(15)22-17(23)16-12-20-8-9-21-16/h3-9,11-12H,2,10H2,1H3,(H,22,23). The molecular weight excluding hydrogens is 350 g/mol. The Labute approximate surface area is 154 Å². The molecule has 1 amide bonds. The molecule has 2 heterocycles. The fourth-order valence-electron chi connectivity index (χ4n) is 2.36. The van der Waals surface area contributed by atoms with Gasteiger partial charge < -0.3 is 10.1 Å². The molecule has 0 atom stereocenters. The Morgan fingerprint density at radius 3 is 2.69 bits per heavy atom. The lowest BCUT2D eigenvalue weighted by Crippen LogP contribution is -2.15. The van der Waals surface area contributed by atoms with Crippen LogP contribution in [0.1, 0.15) is 38.2 Å². The topological polar surface area (TPSA) is 81.2 Å². The molecule has 0 fully saturated rings. The summed E-state index contributed by atoms with van der Waals surface area (Å²) in [6, 6.07) is 11.7. The van der Waals surface area contributed by atoms with Crippen molar-refractivity contribution >= 4 is 28.2 Å². The Hall–Kier alpha value is -3.06. The number of ether oxygens (including phenoxy) is 1. The van der Waals surface area contributed by atoms with E-state index in [1.54, 1.807) is 13.0 Å². The van der Waals surface area contributed by atoms with E-state index in [4.69, 9.17) is 4.74 Å². The molecule has 0 bridgehead atoms. The molecule has 132 valence electrons. The fraction of sp³-hybridized carbons (Fsp3) is 0.158. The minimum atomic E-state index is -0.461. The first-order valence-electron chi connectivity index (χ1n) is 8.08. The van der Waals surface area contributed by atoms with Crippen molar-refractivity contribution in [3.05, 3.63) is 76.7 Å². The normalized spacial score (nSPS) is 10.3. The SMILES string of the molecule is CCOC(=O)c1cc(Cc2ccccc2)sc1NC(=O)c1cnccn1. The van der Waals surface area contributed by atoms with Crippen molar-refractivity contribution in [2.24, 2.45) is 0 Å². The first kappa shape index (κ1) is 17.8. The van der Waals surface area contributed by atoms with Crippen LogP contribution in [-0.2, 0) is 11.2 Å². The van der Waals surface area contributed by atoms with Crippen LogP contribution in [0.15, 0.2) is 55.0 Å². The lowest BCUT2D eigenvalue weighted by Gasteiger charge is -2.05. The van der Waals surface area contributed by atoms with Crippen LogP contribution in [0, 0.1) is 0 Å². The number of carbonyl (C=O) groups excluding carboxylic acids is 2. The van der Waals surface area contributed by atoms with Gasteiger partial charge in [0, 0.05) is 23.7 Å². The summed E-state index contributed by atoms with van der Waals surface area (Å²) >= 11 is 1.35. The predicted molar refractivity (Wildman–Crippen MR) is 99.5 cm³/mol. The van der Waals surface area contributed by atoms with Crippen LogP contribution < -0.4 is 5.32 Å². The third-order valence-electron chi connectivity index (χ3n) is 3.52. The molecule has 0 aliphatic carbocycles. The Balaban J connectivity index is 1.86. The van der Waals surface area contributed by atoms with Crippen LogP contribution in [0.25, 0.3) is 0 Å². The van der Waals surface area contributed by atoms with E-state index in [0.29, 0.717) is 17.0 Å². The van der Waals surface area contributed by atoms with E-state index in [0.717, 1.165) is 10.4 Å². The number of benzene rings is 1. The Bertz CT molecular complexity index is 895. The zero-order valence-corrected chi connectivity index (χ0v) is 15.0. The van der Waals surface area contributed by atoms with E-state index in [1.807, 2.05) is 30.3 Å². The summed E-state index contributed by atoms with van der Waals surface area (Å²) in [6.45, 7) is 2.01. The van der Waals surface area contributed by atoms with Gasteiger partial charge in [-0.1, -0.05) is 30.3 Å². The zero-order valence-electron chi connectivity index (χ0n) is 14.1. The molecular formula is C19H17N3O3S. The summed E-state index contributed by atoms with van der Waals surface area (Å²) in [5.41, 5.74) is 1.65. The number of rotatable bonds is 6. The molecule has 0 radical (unpaired) electrons. The molecule has 1 N–H and O–H groups in total. The lowest BCUT2D eigenvalue weighted by molar-refractivity contribution is 0.0528. The van der Waals surface area contributed by atoms with Gasteiger partial charge in [-0.3, -0.25) is 9.78 Å². The highest BCUT2D eigenvalue weighted by molar-refractivity contribution is 7.16. The molecule has 7 heteroatoms. The first-order valence-corrected chi connectivity index (χ1v) is 8.90. The highest BCUT2D eigenvalue weighted by atomic mass is 32.1. The second-order valence-corrected chi connectivity index (χ2v) is 6.52. The summed E-state index contributed by atoms with van der Waals surface area (Å²) < 4.78 is 5.11. The quantitative estimate of drug-likeness (QED) is 0.674. The number of hydrogen-bond acceptors (Lipinski definition) is 6. The second-order valence-electron chi connectivity index (χ2n) is 5.38. The van der Waals surface area contributed by atoms with Gasteiger partial charge in [-0.05, 0) is 18.6 Å². The van der Waals surface area contributed by atoms with Gasteiger partial charge in [0.05, 0.1) is 18.4 Å². The van der Waals surface area contributed by atoms with Gasteiger partial charge in [0.15, 0.2) is 0 Å². The molecule has 0 unspecified atom stereocenters. The number of aromatic nitrogens is 2. The van der Waals surface area contributed by atoms with Gasteiger partial charge in [0.2, 0.25) is 0 Å². The highest BCUT2D eigenvalue weighted by Gasteiger charge is 2.20. The number of nitrogens with zero attached hydrogens (tertiary/aromatic N) is 2. The van der Waals surface area contributed by atoms with Crippen molar-refractivity contribution in [1.29, 1.82) is 0 Å². The van der Waals surface area contributed by atoms with E-state index in [1.165, 1.54) is 29.9 Å². The van der Waals surface area contributed by atoms with Gasteiger partial charge in [-0.2, -0.15) is 0 Å². The van der Waals surface area contributed by atoms with E-state index < -0.39 is 11.9 Å². The Morgan fingerprint density at radius 2 is 2.00 bits per heavy atom. The number of anilines is 1. The van der Waals surface area contributed by atoms with E-state index in [9.17, 15) is 9.59 Å². The van der Waals surface area contributed by atoms with Gasteiger partial charge in [-0.25, -0.2) is 9.78 Å². The zero-order chi connectivity index (χ0) is 18.4. The maximum atomic E-state index is 12.4. The lowest BCUT2D eigenvalue weighted by atomic mass is 10.1. The molecule has 0 aliphatic rings. The van der Waals surface area contributed by atoms with Crippen molar-refractivity contribution in [2.75, 3.05) is 11.9 Å². The summed E-state index contributed by atoms with van der Waals surface area (Å²) in [4.78, 5) is 33.4. The maximum Gasteiger partial charge on any atom is 0.341 e. The number of amides is 1. The molecule has 1 aromatic carbocycles. The number of nitrogens with one attached hydrogen (secondary N) is 1. The number of carbonyl (C=O) groups is 2. The minimum absolute atomic E-state index is 0.181. The molecule has 0 spiro atoms. The van der Waals surface area contributed by atoms with Crippen molar-refractivity contribution in [2.45, 2.75) is 13.3 Å². The predicted octanol–water partition coefficient (Wildman–Crippen LogP) is 3.56. The molecule has 26 heavy (non-hydrogen) atoms. The molecule has 0 saturated heterocycles. The first-order chi connectivity index (χ1) is 12.7. The molecule has 0 aliphatic heterocycles. The van der Waals surface area contributed by atoms with Crippen LogP contribution in [0.2, 0.25) is 0 Å². The van der Waals surface area contributed by atoms with E-state index >= 15 is 0 Å². The van der Waals surface area contributed by atoms with Crippen LogP contribution in [-0.4, -0.2) is 28.5 Å². The van der Waals surface area contributed by atoms with Gasteiger partial charge in [-0.15, -0.1) is 11.3 Å². The monoisotopic (exact) mass is 367 g/mol. The summed E-state index contributed by atoms with van der Waals surface area (Å²) in [5, 5.41) is 3.20. The highest BCUT2D eigenvalue weighted by Crippen LogP contribution is 2.31. The second kappa shape index (κ2) is 8.35. The molecule has 3 aromatic rings. The van der Waals surface area contributed by atoms with Crippen LogP contribution in [0.3, 0.4) is 0 Å². The maximum absolute atomic E-state index is 12.4. The van der Waals surface area contributed by atoms with E-state index in [2.05, 4.69) is 15.3 Å². The van der Waals surface area contributed by atoms with Gasteiger partial charge in [0.1, 0.15) is 10.7 Å². The fourth-order valence-corrected chi connectivity index (χ4v) is 3.44. The largest absolute Gasteiger partial charge is 0.462 e. The average molecular weight is 367 g/mol. The van der Waals surface area contributed by atoms with Crippen LogP contribution >= 0.6 is 11.3 Å². The third kappa shape index (κ3) is 4.31. The number of esters is 1. The summed E-state index contributed by atoms with van der Waals surface area (Å²) in [5.74, 6) is -0.880. The smallest absolute Gasteiger partial charge is 0.341 e. The summed E-state index contributed by atoms with van der Waals surface area (Å²) in [7, 11) is 0. The van der Waals surface area contributed by atoms with E-state index in [-0.39, 0.29) is 12.3 Å². The van der Waals surface area contributed by atoms with Gasteiger partial charge in [0.25, 0.3) is 5.91 Å². The Morgan fingerprint density at radius 1 is 1.19 bits per heavy atom. The van der Waals surface area contributed by atoms with Crippen molar-refractivity contribution < 1.29 is 14.3 Å². The minimum Gasteiger partial charge on any atom is -0.462 e. The van der Waals surface area contributed by atoms with Crippen LogP contribution in [0.5, 0.6) is 0 Å².